The van der Waals surface area contributed by atoms with E-state index in [0.717, 1.165) is 40.0 Å². The van der Waals surface area contributed by atoms with Crippen LogP contribution in [0.1, 0.15) is 77.1 Å². The predicted octanol–water partition coefficient (Wildman–Crippen LogP) is 5.44. The first-order valence-corrected chi connectivity index (χ1v) is 13.3. The number of carboxylic acids is 1. The summed E-state index contributed by atoms with van der Waals surface area (Å²) < 4.78 is 8.18. The average molecular weight is 506 g/mol. The van der Waals surface area contributed by atoms with Crippen LogP contribution in [-0.4, -0.2) is 45.1 Å². The van der Waals surface area contributed by atoms with Crippen molar-refractivity contribution in [1.29, 1.82) is 0 Å². The SMILES string of the molecule is CN1C(=O)c2cccc(C3CC3)c2[C@H]2C[C@H]1c1nc3ccc(-c4ccc5c(c4)OCC5(C)C(=O)O)cc3n12. The van der Waals surface area contributed by atoms with Gasteiger partial charge >= 0.3 is 5.97 Å². The van der Waals surface area contributed by atoms with Gasteiger partial charge in [-0.1, -0.05) is 30.3 Å². The van der Waals surface area contributed by atoms with Crippen LogP contribution in [0.3, 0.4) is 0 Å². The van der Waals surface area contributed by atoms with Crippen LogP contribution in [0.5, 0.6) is 5.75 Å². The molecule has 4 heterocycles. The maximum atomic E-state index is 13.5. The van der Waals surface area contributed by atoms with E-state index in [9.17, 15) is 14.7 Å². The van der Waals surface area contributed by atoms with Gasteiger partial charge in [-0.15, -0.1) is 0 Å². The van der Waals surface area contributed by atoms with E-state index in [4.69, 9.17) is 9.72 Å². The largest absolute Gasteiger partial charge is 0.492 e. The Morgan fingerprint density at radius 2 is 1.87 bits per heavy atom. The van der Waals surface area contributed by atoms with Gasteiger partial charge in [-0.3, -0.25) is 9.59 Å². The molecular formula is C31H27N3O4. The van der Waals surface area contributed by atoms with Crippen molar-refractivity contribution in [2.75, 3.05) is 13.7 Å². The van der Waals surface area contributed by atoms with Gasteiger partial charge in [0.25, 0.3) is 5.91 Å². The summed E-state index contributed by atoms with van der Waals surface area (Å²) >= 11 is 0. The van der Waals surface area contributed by atoms with Gasteiger partial charge in [0.2, 0.25) is 0 Å². The van der Waals surface area contributed by atoms with Gasteiger partial charge in [0.05, 0.1) is 23.1 Å². The van der Waals surface area contributed by atoms with Gasteiger partial charge in [-0.05, 0) is 72.2 Å². The van der Waals surface area contributed by atoms with Crippen molar-refractivity contribution in [1.82, 2.24) is 14.5 Å². The maximum absolute atomic E-state index is 13.5. The third-order valence-electron chi connectivity index (χ3n) is 9.18. The molecule has 1 aromatic heterocycles. The number of rotatable bonds is 3. The molecule has 7 nitrogen and oxygen atoms in total. The number of ether oxygens (including phenoxy) is 1. The van der Waals surface area contributed by atoms with Gasteiger partial charge in [-0.25, -0.2) is 4.98 Å². The molecule has 3 aromatic carbocycles. The number of carbonyl (C=O) groups is 2. The molecule has 1 saturated carbocycles. The van der Waals surface area contributed by atoms with E-state index in [2.05, 4.69) is 22.8 Å². The summed E-state index contributed by atoms with van der Waals surface area (Å²) in [6, 6.07) is 18.3. The molecule has 7 heteroatoms. The topological polar surface area (TPSA) is 84.7 Å². The van der Waals surface area contributed by atoms with E-state index in [-0.39, 0.29) is 24.6 Å². The third-order valence-corrected chi connectivity index (χ3v) is 9.18. The maximum Gasteiger partial charge on any atom is 0.317 e. The van der Waals surface area contributed by atoms with Gasteiger partial charge in [0.15, 0.2) is 0 Å². The quantitative estimate of drug-likeness (QED) is 0.401. The van der Waals surface area contributed by atoms with E-state index >= 15 is 0 Å². The lowest BCUT2D eigenvalue weighted by Crippen LogP contribution is -2.33. The van der Waals surface area contributed by atoms with Crippen molar-refractivity contribution in [3.8, 4) is 16.9 Å². The molecule has 4 aromatic rings. The Bertz CT molecular complexity index is 1720. The number of hydrogen-bond acceptors (Lipinski definition) is 4. The standard InChI is InChI=1S/C31H27N3O4/c1-31(30(36)37)15-38-26-13-18(8-10-21(26)31)17-9-11-22-23(12-17)34-24-14-25(28(34)32-22)33(2)29(35)20-5-3-4-19(27(20)24)16-6-7-16/h3-5,8-13,16,24-25H,6-7,14-15H2,1-2H3,(H,36,37)/t24-,25+,31?/m1/s1. The molecule has 3 atom stereocenters. The van der Waals surface area contributed by atoms with Crippen molar-refractivity contribution in [3.63, 3.8) is 0 Å². The first kappa shape index (κ1) is 21.9. The number of nitrogens with zero attached hydrogens (tertiary/aromatic N) is 3. The summed E-state index contributed by atoms with van der Waals surface area (Å²) in [5.74, 6) is 1.32. The summed E-state index contributed by atoms with van der Waals surface area (Å²) in [7, 11) is 1.90. The zero-order valence-electron chi connectivity index (χ0n) is 21.3. The summed E-state index contributed by atoms with van der Waals surface area (Å²) in [5, 5.41) is 9.73. The number of carboxylic acid groups (broad SMARTS) is 1. The van der Waals surface area contributed by atoms with E-state index in [1.165, 1.54) is 24.0 Å². The average Bonchev–Trinajstić information content (AvgIpc) is 3.52. The molecular weight excluding hydrogens is 478 g/mol. The molecule has 1 amide bonds. The lowest BCUT2D eigenvalue weighted by molar-refractivity contribution is -0.143. The zero-order chi connectivity index (χ0) is 25.9. The lowest BCUT2D eigenvalue weighted by atomic mass is 9.84. The minimum Gasteiger partial charge on any atom is -0.492 e. The van der Waals surface area contributed by atoms with Crippen LogP contribution in [0, 0.1) is 0 Å². The molecule has 0 spiro atoms. The monoisotopic (exact) mass is 505 g/mol. The highest BCUT2D eigenvalue weighted by Gasteiger charge is 2.46. The Labute approximate surface area is 219 Å². The van der Waals surface area contributed by atoms with Gasteiger partial charge in [0, 0.05) is 24.6 Å². The molecule has 38 heavy (non-hydrogen) atoms. The molecule has 190 valence electrons. The Morgan fingerprint density at radius 1 is 1.08 bits per heavy atom. The molecule has 1 N–H and O–H groups in total. The van der Waals surface area contributed by atoms with E-state index < -0.39 is 11.4 Å². The summed E-state index contributed by atoms with van der Waals surface area (Å²) in [4.78, 5) is 32.3. The molecule has 2 bridgehead atoms. The number of imidazole rings is 1. The molecule has 0 radical (unpaired) electrons. The van der Waals surface area contributed by atoms with Crippen LogP contribution in [0.2, 0.25) is 0 Å². The van der Waals surface area contributed by atoms with Crippen LogP contribution in [0.25, 0.3) is 22.2 Å². The Kier molecular flexibility index (Phi) is 4.18. The zero-order valence-corrected chi connectivity index (χ0v) is 21.3. The molecule has 4 aliphatic rings. The van der Waals surface area contributed by atoms with Crippen LogP contribution in [0.4, 0.5) is 0 Å². The second-order valence-corrected chi connectivity index (χ2v) is 11.4. The molecule has 1 unspecified atom stereocenters. The summed E-state index contributed by atoms with van der Waals surface area (Å²) in [6.45, 7) is 1.84. The van der Waals surface area contributed by atoms with Crippen molar-refractivity contribution in [2.45, 2.75) is 49.6 Å². The second kappa shape index (κ2) is 7.25. The Morgan fingerprint density at radius 3 is 2.66 bits per heavy atom. The number of hydrogen-bond donors (Lipinski definition) is 1. The van der Waals surface area contributed by atoms with Crippen LogP contribution < -0.4 is 4.74 Å². The van der Waals surface area contributed by atoms with Crippen molar-refractivity contribution >= 4 is 22.9 Å². The molecule has 8 rings (SSSR count). The van der Waals surface area contributed by atoms with E-state index in [0.29, 0.717) is 17.2 Å². The minimum absolute atomic E-state index is 0.0649. The lowest BCUT2D eigenvalue weighted by Gasteiger charge is -2.25. The Hall–Kier alpha value is -4.13. The van der Waals surface area contributed by atoms with Gasteiger partial charge in [-0.2, -0.15) is 0 Å². The highest BCUT2D eigenvalue weighted by molar-refractivity contribution is 5.97. The number of fused-ring (bicyclic) bond motifs is 10. The van der Waals surface area contributed by atoms with Crippen LogP contribution in [0.15, 0.2) is 54.6 Å². The van der Waals surface area contributed by atoms with Crippen molar-refractivity contribution in [2.24, 2.45) is 0 Å². The molecule has 1 aliphatic carbocycles. The second-order valence-electron chi connectivity index (χ2n) is 11.4. The molecule has 0 saturated heterocycles. The highest BCUT2D eigenvalue weighted by atomic mass is 16.5. The number of aliphatic carboxylic acids is 1. The summed E-state index contributed by atoms with van der Waals surface area (Å²) in [5.41, 5.74) is 6.97. The summed E-state index contributed by atoms with van der Waals surface area (Å²) in [6.07, 6.45) is 3.20. The first-order chi connectivity index (χ1) is 18.3. The predicted molar refractivity (Wildman–Crippen MR) is 142 cm³/mol. The van der Waals surface area contributed by atoms with Gasteiger partial charge < -0.3 is 19.3 Å². The normalized spacial score (nSPS) is 25.1. The van der Waals surface area contributed by atoms with E-state index in [1.54, 1.807) is 6.92 Å². The fourth-order valence-corrected chi connectivity index (χ4v) is 6.83. The van der Waals surface area contributed by atoms with Crippen molar-refractivity contribution < 1.29 is 19.4 Å². The smallest absolute Gasteiger partial charge is 0.317 e. The fourth-order valence-electron chi connectivity index (χ4n) is 6.83. The highest BCUT2D eigenvalue weighted by Crippen LogP contribution is 2.52. The minimum atomic E-state index is -1.03. The number of benzene rings is 3. The van der Waals surface area contributed by atoms with Gasteiger partial charge in [0.1, 0.15) is 23.6 Å². The Balaban J connectivity index is 1.29. The fraction of sp³-hybridized carbons (Fsp3) is 0.323. The van der Waals surface area contributed by atoms with Crippen LogP contribution in [-0.2, 0) is 10.2 Å². The first-order valence-electron chi connectivity index (χ1n) is 13.3. The number of aromatic nitrogens is 2. The van der Waals surface area contributed by atoms with E-state index in [1.807, 2.05) is 48.3 Å². The number of amides is 1. The van der Waals surface area contributed by atoms with Crippen LogP contribution >= 0.6 is 0 Å². The number of carbonyl (C=O) groups excluding carboxylic acids is 1. The molecule has 1 fully saturated rings. The third kappa shape index (κ3) is 2.76. The molecule has 3 aliphatic heterocycles. The van der Waals surface area contributed by atoms with Crippen molar-refractivity contribution in [3.05, 3.63) is 82.7 Å².